The first kappa shape index (κ1) is 13.2. The van der Waals surface area contributed by atoms with Gasteiger partial charge in [-0.05, 0) is 24.1 Å². The normalized spacial score (nSPS) is 11.8. The van der Waals surface area contributed by atoms with Crippen LogP contribution in [0, 0.1) is 0 Å². The van der Waals surface area contributed by atoms with Gasteiger partial charge < -0.3 is 10.4 Å². The predicted octanol–water partition coefficient (Wildman–Crippen LogP) is 1.41. The van der Waals surface area contributed by atoms with Gasteiger partial charge in [-0.1, -0.05) is 30.3 Å². The second-order valence-corrected chi connectivity index (χ2v) is 4.28. The van der Waals surface area contributed by atoms with E-state index >= 15 is 0 Å². The van der Waals surface area contributed by atoms with Gasteiger partial charge in [0, 0.05) is 12.4 Å². The molecule has 4 heteroatoms. The Bertz CT molecular complexity index is 514. The summed E-state index contributed by atoms with van der Waals surface area (Å²) < 4.78 is 0. The fraction of sp³-hybridized carbons (Fsp3) is 0.200. The summed E-state index contributed by atoms with van der Waals surface area (Å²) in [6.07, 6.45) is 3.72. The number of nitrogens with zero attached hydrogens (tertiary/aromatic N) is 1. The fourth-order valence-electron chi connectivity index (χ4n) is 1.83. The number of carbonyl (C=O) groups excluding carboxylic acids is 1. The lowest BCUT2D eigenvalue weighted by Gasteiger charge is -2.16. The van der Waals surface area contributed by atoms with Crippen LogP contribution in [0.25, 0.3) is 0 Å². The van der Waals surface area contributed by atoms with Crippen molar-refractivity contribution in [2.75, 3.05) is 6.61 Å². The molecule has 0 spiro atoms. The van der Waals surface area contributed by atoms with Gasteiger partial charge >= 0.3 is 0 Å². The first-order chi connectivity index (χ1) is 9.29. The molecule has 19 heavy (non-hydrogen) atoms. The zero-order chi connectivity index (χ0) is 13.5. The number of rotatable bonds is 5. The van der Waals surface area contributed by atoms with Gasteiger partial charge in [0.1, 0.15) is 0 Å². The number of nitrogens with one attached hydrogen (secondary N) is 1. The van der Waals surface area contributed by atoms with Crippen LogP contribution in [-0.2, 0) is 6.42 Å². The SMILES string of the molecule is O=C(N[C@H](CO)Cc1ccccc1)c1cccnc1. The van der Waals surface area contributed by atoms with E-state index in [-0.39, 0.29) is 18.6 Å². The van der Waals surface area contributed by atoms with Gasteiger partial charge in [-0.25, -0.2) is 0 Å². The molecule has 1 atom stereocenters. The van der Waals surface area contributed by atoms with Crippen LogP contribution in [0.15, 0.2) is 54.9 Å². The Morgan fingerprint density at radius 2 is 2.00 bits per heavy atom. The highest BCUT2D eigenvalue weighted by molar-refractivity contribution is 5.94. The van der Waals surface area contributed by atoms with E-state index < -0.39 is 0 Å². The van der Waals surface area contributed by atoms with E-state index in [0.717, 1.165) is 5.56 Å². The summed E-state index contributed by atoms with van der Waals surface area (Å²) in [5.74, 6) is -0.219. The number of hydrogen-bond donors (Lipinski definition) is 2. The van der Waals surface area contributed by atoms with Gasteiger partial charge in [0.2, 0.25) is 0 Å². The highest BCUT2D eigenvalue weighted by Gasteiger charge is 2.13. The lowest BCUT2D eigenvalue weighted by atomic mass is 10.1. The average Bonchev–Trinajstić information content (AvgIpc) is 2.48. The minimum Gasteiger partial charge on any atom is -0.394 e. The number of pyridine rings is 1. The van der Waals surface area contributed by atoms with Crippen LogP contribution in [0.3, 0.4) is 0 Å². The smallest absolute Gasteiger partial charge is 0.253 e. The largest absolute Gasteiger partial charge is 0.394 e. The predicted molar refractivity (Wildman–Crippen MR) is 72.7 cm³/mol. The molecule has 0 saturated carbocycles. The fourth-order valence-corrected chi connectivity index (χ4v) is 1.83. The van der Waals surface area contributed by atoms with Crippen LogP contribution < -0.4 is 5.32 Å². The van der Waals surface area contributed by atoms with Crippen LogP contribution in [0.4, 0.5) is 0 Å². The summed E-state index contributed by atoms with van der Waals surface area (Å²) in [4.78, 5) is 15.8. The molecule has 0 bridgehead atoms. The molecule has 2 aromatic rings. The van der Waals surface area contributed by atoms with Crippen molar-refractivity contribution in [3.05, 3.63) is 66.0 Å². The van der Waals surface area contributed by atoms with Crippen molar-refractivity contribution in [2.24, 2.45) is 0 Å². The number of amides is 1. The monoisotopic (exact) mass is 256 g/mol. The third-order valence-electron chi connectivity index (χ3n) is 2.80. The van der Waals surface area contributed by atoms with Crippen molar-refractivity contribution in [1.82, 2.24) is 10.3 Å². The van der Waals surface area contributed by atoms with Crippen molar-refractivity contribution >= 4 is 5.91 Å². The molecule has 0 saturated heterocycles. The van der Waals surface area contributed by atoms with E-state index in [1.54, 1.807) is 18.3 Å². The maximum absolute atomic E-state index is 11.9. The summed E-state index contributed by atoms with van der Waals surface area (Å²) in [5, 5.41) is 12.2. The number of carbonyl (C=O) groups is 1. The molecule has 1 heterocycles. The Kier molecular flexibility index (Phi) is 4.64. The van der Waals surface area contributed by atoms with Gasteiger partial charge in [-0.2, -0.15) is 0 Å². The Labute approximate surface area is 112 Å². The number of benzene rings is 1. The molecule has 0 radical (unpaired) electrons. The lowest BCUT2D eigenvalue weighted by Crippen LogP contribution is -2.39. The molecule has 2 rings (SSSR count). The minimum absolute atomic E-state index is 0.0963. The van der Waals surface area contributed by atoms with Gasteiger partial charge in [-0.3, -0.25) is 9.78 Å². The van der Waals surface area contributed by atoms with Gasteiger partial charge in [0.25, 0.3) is 5.91 Å². The molecule has 98 valence electrons. The highest BCUT2D eigenvalue weighted by atomic mass is 16.3. The van der Waals surface area contributed by atoms with Crippen LogP contribution in [0.1, 0.15) is 15.9 Å². The third kappa shape index (κ3) is 3.89. The van der Waals surface area contributed by atoms with E-state index in [9.17, 15) is 9.90 Å². The first-order valence-electron chi connectivity index (χ1n) is 6.15. The topological polar surface area (TPSA) is 62.2 Å². The van der Waals surface area contributed by atoms with Crippen molar-refractivity contribution in [2.45, 2.75) is 12.5 Å². The number of aliphatic hydroxyl groups is 1. The second kappa shape index (κ2) is 6.66. The van der Waals surface area contributed by atoms with E-state index in [2.05, 4.69) is 10.3 Å². The summed E-state index contributed by atoms with van der Waals surface area (Å²) in [6, 6.07) is 12.9. The average molecular weight is 256 g/mol. The molecule has 0 aliphatic heterocycles. The van der Waals surface area contributed by atoms with E-state index in [1.807, 2.05) is 30.3 Å². The van der Waals surface area contributed by atoms with Crippen LogP contribution in [-0.4, -0.2) is 28.6 Å². The Morgan fingerprint density at radius 1 is 1.21 bits per heavy atom. The van der Waals surface area contributed by atoms with E-state index in [1.165, 1.54) is 6.20 Å². The maximum Gasteiger partial charge on any atom is 0.253 e. The van der Waals surface area contributed by atoms with Gasteiger partial charge in [0.05, 0.1) is 18.2 Å². The first-order valence-corrected chi connectivity index (χ1v) is 6.15. The summed E-state index contributed by atoms with van der Waals surface area (Å²) >= 11 is 0. The second-order valence-electron chi connectivity index (χ2n) is 4.28. The molecule has 0 aliphatic rings. The Morgan fingerprint density at radius 3 is 2.63 bits per heavy atom. The molecule has 4 nitrogen and oxygen atoms in total. The number of aliphatic hydroxyl groups excluding tert-OH is 1. The molecule has 1 aromatic carbocycles. The molecule has 0 aliphatic carbocycles. The summed E-state index contributed by atoms with van der Waals surface area (Å²) in [7, 11) is 0. The molecule has 1 aromatic heterocycles. The van der Waals surface area contributed by atoms with E-state index in [0.29, 0.717) is 12.0 Å². The third-order valence-corrected chi connectivity index (χ3v) is 2.80. The van der Waals surface area contributed by atoms with Gasteiger partial charge in [0.15, 0.2) is 0 Å². The van der Waals surface area contributed by atoms with Crippen molar-refractivity contribution in [3.63, 3.8) is 0 Å². The molecule has 0 unspecified atom stereocenters. The molecular weight excluding hydrogens is 240 g/mol. The van der Waals surface area contributed by atoms with Crippen LogP contribution >= 0.6 is 0 Å². The van der Waals surface area contributed by atoms with E-state index in [4.69, 9.17) is 0 Å². The molecule has 0 fully saturated rings. The van der Waals surface area contributed by atoms with Crippen molar-refractivity contribution in [3.8, 4) is 0 Å². The number of hydrogen-bond acceptors (Lipinski definition) is 3. The maximum atomic E-state index is 11.9. The van der Waals surface area contributed by atoms with Crippen molar-refractivity contribution < 1.29 is 9.90 Å². The molecule has 2 N–H and O–H groups in total. The quantitative estimate of drug-likeness (QED) is 0.850. The van der Waals surface area contributed by atoms with Crippen LogP contribution in [0.5, 0.6) is 0 Å². The highest BCUT2D eigenvalue weighted by Crippen LogP contribution is 2.04. The Hall–Kier alpha value is -2.20. The number of aromatic nitrogens is 1. The lowest BCUT2D eigenvalue weighted by molar-refractivity contribution is 0.0916. The molecule has 1 amide bonds. The zero-order valence-electron chi connectivity index (χ0n) is 10.5. The summed E-state index contributed by atoms with van der Waals surface area (Å²) in [5.41, 5.74) is 1.57. The standard InChI is InChI=1S/C15H16N2O2/c18-11-14(9-12-5-2-1-3-6-12)17-15(19)13-7-4-8-16-10-13/h1-8,10,14,18H,9,11H2,(H,17,19)/t14-/m0/s1. The summed E-state index contributed by atoms with van der Waals surface area (Å²) in [6.45, 7) is -0.0963. The van der Waals surface area contributed by atoms with Crippen molar-refractivity contribution in [1.29, 1.82) is 0 Å². The zero-order valence-corrected chi connectivity index (χ0v) is 10.5. The van der Waals surface area contributed by atoms with Crippen LogP contribution in [0.2, 0.25) is 0 Å². The molecular formula is C15H16N2O2. The van der Waals surface area contributed by atoms with Gasteiger partial charge in [-0.15, -0.1) is 0 Å². The Balaban J connectivity index is 1.98. The minimum atomic E-state index is -0.296.